The molecule has 0 aliphatic rings. The van der Waals surface area contributed by atoms with Gasteiger partial charge in [0.1, 0.15) is 18.4 Å². The normalized spacial score (nSPS) is 10.5. The first-order valence-corrected chi connectivity index (χ1v) is 9.03. The van der Waals surface area contributed by atoms with E-state index in [0.29, 0.717) is 37.1 Å². The van der Waals surface area contributed by atoms with Gasteiger partial charge in [-0.05, 0) is 48.4 Å². The number of Topliss-reactive ketones (excluding diaryl/α,β-unsaturated/α-hetero) is 1. The first-order valence-electron chi connectivity index (χ1n) is 9.03. The molecule has 7 nitrogen and oxygen atoms in total. The van der Waals surface area contributed by atoms with E-state index in [9.17, 15) is 9.59 Å². The van der Waals surface area contributed by atoms with Gasteiger partial charge in [-0.15, -0.1) is 0 Å². The topological polar surface area (TPSA) is 86.1 Å². The Morgan fingerprint density at radius 2 is 1.79 bits per heavy atom. The summed E-state index contributed by atoms with van der Waals surface area (Å²) in [4.78, 5) is 28.1. The average molecular weight is 378 g/mol. The average Bonchev–Trinajstić information content (AvgIpc) is 3.27. The van der Waals surface area contributed by atoms with Gasteiger partial charge in [0, 0.05) is 24.9 Å². The van der Waals surface area contributed by atoms with Crippen LogP contribution in [0.3, 0.4) is 0 Å². The number of ketones is 1. The number of carbonyl (C=O) groups is 2. The molecule has 0 saturated heterocycles. The Bertz CT molecular complexity index is 904. The molecule has 1 aromatic heterocycles. The Balaban J connectivity index is 1.39. The van der Waals surface area contributed by atoms with Crippen molar-refractivity contribution in [1.29, 1.82) is 0 Å². The molecule has 0 saturated carbocycles. The van der Waals surface area contributed by atoms with E-state index in [1.54, 1.807) is 42.4 Å². The molecule has 0 unspecified atom stereocenters. The van der Waals surface area contributed by atoms with Crippen molar-refractivity contribution >= 4 is 11.7 Å². The Morgan fingerprint density at radius 3 is 2.43 bits per heavy atom. The molecule has 0 fully saturated rings. The van der Waals surface area contributed by atoms with Gasteiger partial charge in [-0.25, -0.2) is 9.67 Å². The minimum atomic E-state index is -0.0668. The predicted molar refractivity (Wildman–Crippen MR) is 104 cm³/mol. The van der Waals surface area contributed by atoms with Crippen molar-refractivity contribution in [2.45, 2.75) is 25.8 Å². The van der Waals surface area contributed by atoms with Crippen LogP contribution >= 0.6 is 0 Å². The van der Waals surface area contributed by atoms with Crippen LogP contribution in [0.15, 0.2) is 61.2 Å². The maximum atomic E-state index is 12.2. The zero-order chi connectivity index (χ0) is 19.8. The van der Waals surface area contributed by atoms with Crippen molar-refractivity contribution in [3.05, 3.63) is 72.3 Å². The Hall–Kier alpha value is -3.48. The molecule has 7 heteroatoms. The predicted octanol–water partition coefficient (Wildman–Crippen LogP) is 2.95. The summed E-state index contributed by atoms with van der Waals surface area (Å²) in [7, 11) is 1.58. The van der Waals surface area contributed by atoms with Gasteiger partial charge in [0.05, 0.1) is 12.8 Å². The smallest absolute Gasteiger partial charge is 0.220 e. The van der Waals surface area contributed by atoms with Crippen LogP contribution < -0.4 is 10.1 Å². The van der Waals surface area contributed by atoms with Gasteiger partial charge in [0.15, 0.2) is 5.78 Å². The van der Waals surface area contributed by atoms with Crippen LogP contribution in [0.2, 0.25) is 0 Å². The van der Waals surface area contributed by atoms with E-state index in [0.717, 1.165) is 11.3 Å². The van der Waals surface area contributed by atoms with Crippen LogP contribution in [0.4, 0.5) is 0 Å². The van der Waals surface area contributed by atoms with Gasteiger partial charge in [0.2, 0.25) is 5.91 Å². The number of hydrogen-bond acceptors (Lipinski definition) is 5. The number of aromatic nitrogens is 3. The van der Waals surface area contributed by atoms with Gasteiger partial charge in [-0.3, -0.25) is 9.59 Å². The molecule has 2 aromatic carbocycles. The summed E-state index contributed by atoms with van der Waals surface area (Å²) < 4.78 is 6.75. The molecule has 1 heterocycles. The highest BCUT2D eigenvalue weighted by atomic mass is 16.5. The fourth-order valence-corrected chi connectivity index (χ4v) is 2.73. The maximum absolute atomic E-state index is 12.2. The lowest BCUT2D eigenvalue weighted by Crippen LogP contribution is -2.22. The molecule has 28 heavy (non-hydrogen) atoms. The highest BCUT2D eigenvalue weighted by Crippen LogP contribution is 2.14. The number of methoxy groups -OCH3 is 1. The van der Waals surface area contributed by atoms with Crippen molar-refractivity contribution in [2.24, 2.45) is 0 Å². The summed E-state index contributed by atoms with van der Waals surface area (Å²) in [6, 6.07) is 14.7. The van der Waals surface area contributed by atoms with Crippen molar-refractivity contribution in [2.75, 3.05) is 7.11 Å². The summed E-state index contributed by atoms with van der Waals surface area (Å²) in [6.45, 7) is 0.447. The van der Waals surface area contributed by atoms with Crippen molar-refractivity contribution in [1.82, 2.24) is 20.1 Å². The first kappa shape index (κ1) is 19.3. The molecule has 1 amide bonds. The highest BCUT2D eigenvalue weighted by molar-refractivity contribution is 5.96. The van der Waals surface area contributed by atoms with Crippen molar-refractivity contribution < 1.29 is 14.3 Å². The van der Waals surface area contributed by atoms with E-state index in [4.69, 9.17) is 4.74 Å². The lowest BCUT2D eigenvalue weighted by atomic mass is 10.1. The van der Waals surface area contributed by atoms with Crippen LogP contribution in [-0.2, 0) is 11.3 Å². The quantitative estimate of drug-likeness (QED) is 0.579. The van der Waals surface area contributed by atoms with Gasteiger partial charge >= 0.3 is 0 Å². The van der Waals surface area contributed by atoms with Crippen molar-refractivity contribution in [3.8, 4) is 11.4 Å². The van der Waals surface area contributed by atoms with E-state index in [1.165, 1.54) is 6.33 Å². The number of carbonyl (C=O) groups excluding carboxylic acids is 2. The first-order chi connectivity index (χ1) is 13.7. The summed E-state index contributed by atoms with van der Waals surface area (Å²) in [5.74, 6) is 0.673. The molecule has 0 bridgehead atoms. The number of hydrogen-bond donors (Lipinski definition) is 1. The van der Waals surface area contributed by atoms with E-state index < -0.39 is 0 Å². The van der Waals surface area contributed by atoms with Gasteiger partial charge in [-0.1, -0.05) is 12.1 Å². The zero-order valence-corrected chi connectivity index (χ0v) is 15.7. The second-order valence-electron chi connectivity index (χ2n) is 6.29. The zero-order valence-electron chi connectivity index (χ0n) is 15.7. The van der Waals surface area contributed by atoms with Crippen LogP contribution in [0.1, 0.15) is 35.2 Å². The SMILES string of the molecule is COc1ccc(C(=O)CCCC(=O)NCc2ccc(-n3cncn3)cc2)cc1. The Kier molecular flexibility index (Phi) is 6.51. The fourth-order valence-electron chi connectivity index (χ4n) is 2.73. The molecule has 3 aromatic rings. The molecule has 144 valence electrons. The van der Waals surface area contributed by atoms with E-state index in [1.807, 2.05) is 24.3 Å². The highest BCUT2D eigenvalue weighted by Gasteiger charge is 2.08. The molecule has 1 N–H and O–H groups in total. The van der Waals surface area contributed by atoms with Crippen LogP contribution in [0.25, 0.3) is 5.69 Å². The molecule has 3 rings (SSSR count). The van der Waals surface area contributed by atoms with Crippen molar-refractivity contribution in [3.63, 3.8) is 0 Å². The van der Waals surface area contributed by atoms with Gasteiger partial charge in [-0.2, -0.15) is 5.10 Å². The summed E-state index contributed by atoms with van der Waals surface area (Å²) >= 11 is 0. The second-order valence-corrected chi connectivity index (χ2v) is 6.29. The summed E-state index contributed by atoms with van der Waals surface area (Å²) in [5.41, 5.74) is 2.53. The largest absolute Gasteiger partial charge is 0.497 e. The molecular weight excluding hydrogens is 356 g/mol. The molecular formula is C21H22N4O3. The Labute approximate surface area is 163 Å². The number of rotatable bonds is 9. The summed E-state index contributed by atoms with van der Waals surface area (Å²) in [5, 5.41) is 6.95. The molecule has 0 spiro atoms. The van der Waals surface area contributed by atoms with E-state index in [2.05, 4.69) is 15.4 Å². The van der Waals surface area contributed by atoms with E-state index in [-0.39, 0.29) is 11.7 Å². The van der Waals surface area contributed by atoms with Gasteiger partial charge in [0.25, 0.3) is 0 Å². The third kappa shape index (κ3) is 5.26. The summed E-state index contributed by atoms with van der Waals surface area (Å²) in [6.07, 6.45) is 4.28. The van der Waals surface area contributed by atoms with Gasteiger partial charge < -0.3 is 10.1 Å². The fraction of sp³-hybridized carbons (Fsp3) is 0.238. The molecule has 0 atom stereocenters. The number of nitrogens with one attached hydrogen (secondary N) is 1. The minimum Gasteiger partial charge on any atom is -0.497 e. The van der Waals surface area contributed by atoms with Crippen LogP contribution in [0, 0.1) is 0 Å². The number of benzene rings is 2. The molecule has 0 aliphatic heterocycles. The Morgan fingerprint density at radius 1 is 1.04 bits per heavy atom. The maximum Gasteiger partial charge on any atom is 0.220 e. The van der Waals surface area contributed by atoms with E-state index >= 15 is 0 Å². The molecule has 0 aliphatic carbocycles. The number of nitrogens with zero attached hydrogens (tertiary/aromatic N) is 3. The van der Waals surface area contributed by atoms with Crippen LogP contribution in [0.5, 0.6) is 5.75 Å². The third-order valence-electron chi connectivity index (χ3n) is 4.33. The number of amides is 1. The number of ether oxygens (including phenoxy) is 1. The standard InChI is InChI=1S/C21H22N4O3/c1-28-19-11-7-17(8-12-19)20(26)3-2-4-21(27)23-13-16-5-9-18(10-6-16)25-15-22-14-24-25/h5-12,14-15H,2-4,13H2,1H3,(H,23,27). The lowest BCUT2D eigenvalue weighted by molar-refractivity contribution is -0.121. The second kappa shape index (κ2) is 9.45. The molecule has 0 radical (unpaired) electrons. The minimum absolute atomic E-state index is 0.0270. The monoisotopic (exact) mass is 378 g/mol. The lowest BCUT2D eigenvalue weighted by Gasteiger charge is -2.07. The van der Waals surface area contributed by atoms with Crippen LogP contribution in [-0.4, -0.2) is 33.6 Å². The third-order valence-corrected chi connectivity index (χ3v) is 4.33.